The topological polar surface area (TPSA) is 66.4 Å². The van der Waals surface area contributed by atoms with Crippen molar-refractivity contribution < 1.29 is 17.2 Å². The van der Waals surface area contributed by atoms with Crippen LogP contribution in [0.1, 0.15) is 22.3 Å². The van der Waals surface area contributed by atoms with Crippen molar-refractivity contribution in [2.24, 2.45) is 0 Å². The summed E-state index contributed by atoms with van der Waals surface area (Å²) >= 11 is 0. The maximum absolute atomic E-state index is 10.0. The van der Waals surface area contributed by atoms with E-state index in [1.54, 1.807) is 30.3 Å². The summed E-state index contributed by atoms with van der Waals surface area (Å²) in [6, 6.07) is 41.2. The molecule has 176 valence electrons. The number of hydrogen-bond acceptors (Lipinski definition) is 4. The van der Waals surface area contributed by atoms with E-state index >= 15 is 0 Å². The highest BCUT2D eigenvalue weighted by Crippen LogP contribution is 2.19. The summed E-state index contributed by atoms with van der Waals surface area (Å²) in [6.45, 7) is -0.202. The molecule has 0 aromatic heterocycles. The van der Waals surface area contributed by atoms with E-state index in [1.807, 2.05) is 0 Å². The fourth-order valence-corrected chi connectivity index (χ4v) is 5.88. The van der Waals surface area contributed by atoms with Crippen LogP contribution in [0, 0.1) is 0 Å². The van der Waals surface area contributed by atoms with Crippen LogP contribution < -0.4 is 0 Å². The minimum Gasteiger partial charge on any atom is -0.726 e. The summed E-state index contributed by atoms with van der Waals surface area (Å²) < 4.78 is 34.1. The van der Waals surface area contributed by atoms with Gasteiger partial charge in [0.15, 0.2) is 0 Å². The molecule has 0 bridgehead atoms. The van der Waals surface area contributed by atoms with Crippen LogP contribution in [0.15, 0.2) is 121 Å². The first-order chi connectivity index (χ1) is 16.5. The van der Waals surface area contributed by atoms with Crippen molar-refractivity contribution in [3.05, 3.63) is 144 Å². The average molecular weight is 493 g/mol. The van der Waals surface area contributed by atoms with Crippen LogP contribution >= 0.6 is 0 Å². The van der Waals surface area contributed by atoms with Gasteiger partial charge in [-0.25, -0.2) is 8.42 Å². The Morgan fingerprint density at radius 2 is 0.824 bits per heavy atom. The Hall–Kier alpha value is -2.90. The van der Waals surface area contributed by atoms with Crippen LogP contribution in [-0.2, 0) is 49.3 Å². The van der Waals surface area contributed by atoms with Crippen molar-refractivity contribution in [1.29, 1.82) is 0 Å². The highest BCUT2D eigenvalue weighted by atomic mass is 32.3. The molecule has 6 heteroatoms. The minimum absolute atomic E-state index is 0.202. The predicted octanol–water partition coefficient (Wildman–Crippen LogP) is 5.87. The fourth-order valence-electron chi connectivity index (χ4n) is 3.30. The van der Waals surface area contributed by atoms with Crippen LogP contribution in [0.25, 0.3) is 0 Å². The molecule has 0 amide bonds. The maximum Gasteiger partial charge on any atom is 0.217 e. The number of hydrogen-bond donors (Lipinski definition) is 0. The van der Waals surface area contributed by atoms with Gasteiger partial charge in [0.1, 0.15) is 17.3 Å². The largest absolute Gasteiger partial charge is 0.726 e. The minimum atomic E-state index is -4.57. The normalized spacial score (nSPS) is 11.0. The van der Waals surface area contributed by atoms with E-state index < -0.39 is 10.4 Å². The molecule has 0 aliphatic heterocycles. The van der Waals surface area contributed by atoms with Crippen LogP contribution in [0.5, 0.6) is 0 Å². The number of rotatable bonds is 9. The lowest BCUT2D eigenvalue weighted by atomic mass is 10.2. The third-order valence-electron chi connectivity index (χ3n) is 4.85. The van der Waals surface area contributed by atoms with E-state index in [4.69, 9.17) is 0 Å². The molecule has 0 unspecified atom stereocenters. The summed E-state index contributed by atoms with van der Waals surface area (Å²) in [4.78, 5) is 0. The monoisotopic (exact) mass is 492 g/mol. The van der Waals surface area contributed by atoms with E-state index in [1.165, 1.54) is 16.7 Å². The second-order valence-corrected chi connectivity index (χ2v) is 10.8. The van der Waals surface area contributed by atoms with E-state index in [2.05, 4.69) is 95.2 Å². The highest BCUT2D eigenvalue weighted by Gasteiger charge is 2.20. The molecule has 0 saturated heterocycles. The molecule has 0 atom stereocenters. The molecule has 0 fully saturated rings. The van der Waals surface area contributed by atoms with Crippen LogP contribution in [0.3, 0.4) is 0 Å². The smallest absolute Gasteiger partial charge is 0.217 e. The average Bonchev–Trinajstić information content (AvgIpc) is 2.85. The summed E-state index contributed by atoms with van der Waals surface area (Å²) in [6.07, 6.45) is 0. The van der Waals surface area contributed by atoms with Gasteiger partial charge >= 0.3 is 0 Å². The van der Waals surface area contributed by atoms with Gasteiger partial charge < -0.3 is 4.55 Å². The van der Waals surface area contributed by atoms with Crippen molar-refractivity contribution in [1.82, 2.24) is 0 Å². The molecular weight excluding hydrogens is 464 g/mol. The van der Waals surface area contributed by atoms with Crippen molar-refractivity contribution in [3.8, 4) is 0 Å². The van der Waals surface area contributed by atoms with Gasteiger partial charge in [0, 0.05) is 27.6 Å². The molecule has 0 radical (unpaired) electrons. The first-order valence-electron chi connectivity index (χ1n) is 10.9. The Morgan fingerprint density at radius 1 is 0.529 bits per heavy atom. The van der Waals surface area contributed by atoms with Gasteiger partial charge in [-0.1, -0.05) is 121 Å². The Labute approximate surface area is 205 Å². The first-order valence-corrected chi connectivity index (χ1v) is 13.9. The van der Waals surface area contributed by atoms with Gasteiger partial charge in [-0.05, 0) is 5.56 Å². The van der Waals surface area contributed by atoms with E-state index in [9.17, 15) is 13.0 Å². The van der Waals surface area contributed by atoms with Crippen molar-refractivity contribution in [3.63, 3.8) is 0 Å². The Morgan fingerprint density at radius 3 is 1.12 bits per heavy atom. The molecule has 4 aromatic carbocycles. The van der Waals surface area contributed by atoms with Gasteiger partial charge in [0.05, 0.1) is 6.61 Å². The molecule has 4 nitrogen and oxygen atoms in total. The van der Waals surface area contributed by atoms with Gasteiger partial charge in [-0.2, -0.15) is 0 Å². The Balaban J connectivity index is 0.000000229. The van der Waals surface area contributed by atoms with Crippen molar-refractivity contribution in [2.45, 2.75) is 23.9 Å². The lowest BCUT2D eigenvalue weighted by Crippen LogP contribution is -2.12. The molecule has 0 saturated carbocycles. The standard InChI is InChI=1S/C21H21S.C7H8O4S/c1-4-10-19(11-5-1)16-22(17-20-12-6-2-7-13-20)18-21-14-8-3-9-15-21;8-12(9,10)11-6-7-4-2-1-3-5-7/h1-15H,16-18H2;1-5H,6H2,(H,8,9,10)/q+1;/p-1. The molecular formula is C28H28O4S2. The van der Waals surface area contributed by atoms with Gasteiger partial charge in [-0.3, -0.25) is 4.18 Å². The molecule has 0 aliphatic carbocycles. The molecule has 4 rings (SSSR count). The van der Waals surface area contributed by atoms with E-state index in [-0.39, 0.29) is 6.61 Å². The second-order valence-electron chi connectivity index (χ2n) is 7.66. The zero-order valence-electron chi connectivity index (χ0n) is 18.8. The summed E-state index contributed by atoms with van der Waals surface area (Å²) in [5, 5.41) is 0. The van der Waals surface area contributed by atoms with Gasteiger partial charge in [0.2, 0.25) is 10.4 Å². The second kappa shape index (κ2) is 13.7. The molecule has 0 spiro atoms. The molecule has 34 heavy (non-hydrogen) atoms. The summed E-state index contributed by atoms with van der Waals surface area (Å²) in [7, 11) is -4.25. The fraction of sp³-hybridized carbons (Fsp3) is 0.143. The zero-order valence-corrected chi connectivity index (χ0v) is 20.5. The molecule has 0 heterocycles. The van der Waals surface area contributed by atoms with Crippen LogP contribution in [0.4, 0.5) is 0 Å². The lowest BCUT2D eigenvalue weighted by molar-refractivity contribution is 0.253. The van der Waals surface area contributed by atoms with Crippen molar-refractivity contribution in [2.75, 3.05) is 0 Å². The lowest BCUT2D eigenvalue weighted by Gasteiger charge is -2.10. The Kier molecular flexibility index (Phi) is 10.4. The SMILES string of the molecule is O=S(=O)([O-])OCc1ccccc1.c1ccc(C[S+](Cc2ccccc2)Cc2ccccc2)cc1. The third-order valence-corrected chi connectivity index (χ3v) is 7.48. The molecule has 0 N–H and O–H groups in total. The van der Waals surface area contributed by atoms with E-state index in [0.29, 0.717) is 16.5 Å². The zero-order chi connectivity index (χ0) is 24.1. The maximum atomic E-state index is 10.0. The van der Waals surface area contributed by atoms with Gasteiger partial charge in [-0.15, -0.1) is 0 Å². The van der Waals surface area contributed by atoms with E-state index in [0.717, 1.165) is 17.3 Å². The quantitative estimate of drug-likeness (QED) is 0.167. The summed E-state index contributed by atoms with van der Waals surface area (Å²) in [5.41, 5.74) is 4.98. The third kappa shape index (κ3) is 10.4. The van der Waals surface area contributed by atoms with Crippen molar-refractivity contribution >= 4 is 21.3 Å². The Bertz CT molecular complexity index is 1090. The van der Waals surface area contributed by atoms with Gasteiger partial charge in [0.25, 0.3) is 0 Å². The predicted molar refractivity (Wildman–Crippen MR) is 139 cm³/mol. The molecule has 4 aromatic rings. The highest BCUT2D eigenvalue weighted by molar-refractivity contribution is 7.94. The number of benzene rings is 4. The molecule has 0 aliphatic rings. The summed E-state index contributed by atoms with van der Waals surface area (Å²) in [5.74, 6) is 3.47. The van der Waals surface area contributed by atoms with Crippen LogP contribution in [-0.4, -0.2) is 13.0 Å². The van der Waals surface area contributed by atoms with Crippen LogP contribution in [0.2, 0.25) is 0 Å². The first kappa shape index (κ1) is 25.7.